The van der Waals surface area contributed by atoms with Crippen molar-refractivity contribution in [1.29, 1.82) is 0 Å². The van der Waals surface area contributed by atoms with Crippen molar-refractivity contribution in [2.24, 2.45) is 0 Å². The third kappa shape index (κ3) is 2.67. The summed E-state index contributed by atoms with van der Waals surface area (Å²) in [6.07, 6.45) is 1.42. The van der Waals surface area contributed by atoms with Gasteiger partial charge in [-0.15, -0.1) is 0 Å². The number of nitrogens with one attached hydrogen (secondary N) is 1. The maximum absolute atomic E-state index is 13.0. The van der Waals surface area contributed by atoms with Crippen LogP contribution in [0.5, 0.6) is 0 Å². The van der Waals surface area contributed by atoms with Crippen LogP contribution in [-0.4, -0.2) is 37.2 Å². The Kier molecular flexibility index (Phi) is 3.72. The topological polar surface area (TPSA) is 83.8 Å². The molecule has 0 unspecified atom stereocenters. The van der Waals surface area contributed by atoms with Gasteiger partial charge in [-0.2, -0.15) is 5.10 Å². The summed E-state index contributed by atoms with van der Waals surface area (Å²) >= 11 is 1.24. The first-order chi connectivity index (χ1) is 10.2. The Morgan fingerprint density at radius 1 is 1.33 bits per heavy atom. The third-order valence-electron chi connectivity index (χ3n) is 2.82. The lowest BCUT2D eigenvalue weighted by atomic mass is 10.3. The van der Waals surface area contributed by atoms with Crippen LogP contribution in [0.2, 0.25) is 0 Å². The number of hydrogen-bond acceptors (Lipinski definition) is 5. The molecule has 3 aromatic rings. The molecule has 0 amide bonds. The zero-order valence-electron chi connectivity index (χ0n) is 10.8. The Hall–Kier alpha value is -2.19. The van der Waals surface area contributed by atoms with E-state index in [1.54, 1.807) is 12.1 Å². The highest BCUT2D eigenvalue weighted by molar-refractivity contribution is 7.99. The summed E-state index contributed by atoms with van der Waals surface area (Å²) in [7, 11) is 0. The van der Waals surface area contributed by atoms with E-state index in [-0.39, 0.29) is 18.0 Å². The molecule has 8 heteroatoms. The van der Waals surface area contributed by atoms with Crippen LogP contribution >= 0.6 is 11.8 Å². The fourth-order valence-electron chi connectivity index (χ4n) is 1.88. The molecule has 0 saturated carbocycles. The molecule has 0 atom stereocenters. The fourth-order valence-corrected chi connectivity index (χ4v) is 2.48. The number of thioether (sulfide) groups is 1. The van der Waals surface area contributed by atoms with Crippen molar-refractivity contribution in [2.45, 2.75) is 5.16 Å². The number of rotatable bonds is 4. The molecule has 6 nitrogen and oxygen atoms in total. The summed E-state index contributed by atoms with van der Waals surface area (Å²) in [5, 5.41) is 13.7. The summed E-state index contributed by atoms with van der Waals surface area (Å²) in [5.41, 5.74) is 0.710. The van der Waals surface area contributed by atoms with Crippen molar-refractivity contribution in [3.8, 4) is 5.69 Å². The normalized spacial score (nSPS) is 11.1. The van der Waals surface area contributed by atoms with Crippen LogP contribution in [0.4, 0.5) is 4.39 Å². The monoisotopic (exact) mass is 306 g/mol. The van der Waals surface area contributed by atoms with Crippen molar-refractivity contribution < 1.29 is 9.50 Å². The van der Waals surface area contributed by atoms with Gasteiger partial charge < -0.3 is 10.1 Å². The molecule has 0 aliphatic rings. The molecule has 0 radical (unpaired) electrons. The Bertz CT molecular complexity index is 828. The molecular weight excluding hydrogens is 295 g/mol. The Balaban J connectivity index is 2.13. The van der Waals surface area contributed by atoms with Crippen LogP contribution in [-0.2, 0) is 0 Å². The summed E-state index contributed by atoms with van der Waals surface area (Å²) in [5.74, 6) is 0.0827. The first-order valence-corrected chi connectivity index (χ1v) is 7.15. The predicted octanol–water partition coefficient (Wildman–Crippen LogP) is 1.33. The minimum absolute atomic E-state index is 0.0103. The van der Waals surface area contributed by atoms with Gasteiger partial charge in [0.25, 0.3) is 5.56 Å². The molecule has 1 aromatic carbocycles. The SMILES string of the molecule is O=c1[nH]c(SCCO)nc2c1cnn2-c1ccc(F)cc1. The number of H-pyrrole nitrogens is 1. The fraction of sp³-hybridized carbons (Fsp3) is 0.154. The highest BCUT2D eigenvalue weighted by atomic mass is 32.2. The lowest BCUT2D eigenvalue weighted by Crippen LogP contribution is -2.10. The van der Waals surface area contributed by atoms with E-state index in [4.69, 9.17) is 5.11 Å². The van der Waals surface area contributed by atoms with Gasteiger partial charge in [-0.25, -0.2) is 14.1 Å². The van der Waals surface area contributed by atoms with Gasteiger partial charge >= 0.3 is 0 Å². The van der Waals surface area contributed by atoms with E-state index in [0.29, 0.717) is 27.6 Å². The summed E-state index contributed by atoms with van der Waals surface area (Å²) in [6.45, 7) is -0.0103. The van der Waals surface area contributed by atoms with Crippen molar-refractivity contribution in [1.82, 2.24) is 19.7 Å². The molecule has 0 aliphatic carbocycles. The van der Waals surface area contributed by atoms with Gasteiger partial charge in [-0.3, -0.25) is 4.79 Å². The molecule has 21 heavy (non-hydrogen) atoms. The van der Waals surface area contributed by atoms with Crippen LogP contribution in [0, 0.1) is 5.82 Å². The summed E-state index contributed by atoms with van der Waals surface area (Å²) < 4.78 is 14.5. The smallest absolute Gasteiger partial charge is 0.262 e. The van der Waals surface area contributed by atoms with Crippen LogP contribution in [0.3, 0.4) is 0 Å². The molecule has 0 saturated heterocycles. The van der Waals surface area contributed by atoms with E-state index in [2.05, 4.69) is 15.1 Å². The van der Waals surface area contributed by atoms with Crippen LogP contribution in [0.1, 0.15) is 0 Å². The zero-order chi connectivity index (χ0) is 14.8. The van der Waals surface area contributed by atoms with Crippen LogP contribution < -0.4 is 5.56 Å². The number of hydrogen-bond donors (Lipinski definition) is 2. The quantitative estimate of drug-likeness (QED) is 0.561. The molecule has 2 aromatic heterocycles. The van der Waals surface area contributed by atoms with Crippen molar-refractivity contribution in [3.05, 3.63) is 46.6 Å². The maximum Gasteiger partial charge on any atom is 0.262 e. The molecule has 2 heterocycles. The van der Waals surface area contributed by atoms with Crippen LogP contribution in [0.15, 0.2) is 40.4 Å². The largest absolute Gasteiger partial charge is 0.396 e. The molecule has 3 rings (SSSR count). The Labute approximate surface area is 122 Å². The number of aromatic nitrogens is 4. The second kappa shape index (κ2) is 5.66. The number of aliphatic hydroxyl groups is 1. The van der Waals surface area contributed by atoms with Crippen molar-refractivity contribution >= 4 is 22.8 Å². The number of fused-ring (bicyclic) bond motifs is 1. The number of benzene rings is 1. The second-order valence-corrected chi connectivity index (χ2v) is 5.30. The molecule has 0 spiro atoms. The zero-order valence-corrected chi connectivity index (χ0v) is 11.6. The molecular formula is C13H11FN4O2S. The predicted molar refractivity (Wildman–Crippen MR) is 77.3 cm³/mol. The minimum atomic E-state index is -0.347. The van der Waals surface area contributed by atoms with Gasteiger partial charge in [0.1, 0.15) is 11.2 Å². The van der Waals surface area contributed by atoms with Gasteiger partial charge in [0.05, 0.1) is 18.5 Å². The van der Waals surface area contributed by atoms with Crippen molar-refractivity contribution in [2.75, 3.05) is 12.4 Å². The van der Waals surface area contributed by atoms with E-state index in [1.165, 1.54) is 34.8 Å². The van der Waals surface area contributed by atoms with Crippen LogP contribution in [0.25, 0.3) is 16.7 Å². The number of halogens is 1. The highest BCUT2D eigenvalue weighted by Crippen LogP contribution is 2.17. The first-order valence-electron chi connectivity index (χ1n) is 6.16. The number of aliphatic hydroxyl groups excluding tert-OH is 1. The van der Waals surface area contributed by atoms with Gasteiger partial charge in [-0.05, 0) is 24.3 Å². The van der Waals surface area contributed by atoms with E-state index in [0.717, 1.165) is 0 Å². The van der Waals surface area contributed by atoms with E-state index >= 15 is 0 Å². The lowest BCUT2D eigenvalue weighted by molar-refractivity contribution is 0.322. The molecule has 0 fully saturated rings. The molecule has 108 valence electrons. The van der Waals surface area contributed by atoms with Gasteiger partial charge in [-0.1, -0.05) is 11.8 Å². The third-order valence-corrected chi connectivity index (χ3v) is 3.67. The van der Waals surface area contributed by atoms with Crippen molar-refractivity contribution in [3.63, 3.8) is 0 Å². The molecule has 0 aliphatic heterocycles. The average Bonchev–Trinajstić information content (AvgIpc) is 2.90. The maximum atomic E-state index is 13.0. The van der Waals surface area contributed by atoms with E-state index < -0.39 is 0 Å². The van der Waals surface area contributed by atoms with E-state index in [9.17, 15) is 9.18 Å². The second-order valence-electron chi connectivity index (χ2n) is 4.21. The lowest BCUT2D eigenvalue weighted by Gasteiger charge is -2.04. The molecule has 2 N–H and O–H groups in total. The molecule has 0 bridgehead atoms. The Morgan fingerprint density at radius 3 is 2.81 bits per heavy atom. The van der Waals surface area contributed by atoms with E-state index in [1.807, 2.05) is 0 Å². The van der Waals surface area contributed by atoms with Gasteiger partial charge in [0, 0.05) is 5.75 Å². The van der Waals surface area contributed by atoms with Gasteiger partial charge in [0.15, 0.2) is 10.8 Å². The minimum Gasteiger partial charge on any atom is -0.396 e. The van der Waals surface area contributed by atoms with Gasteiger partial charge in [0.2, 0.25) is 0 Å². The number of aromatic amines is 1. The Morgan fingerprint density at radius 2 is 2.10 bits per heavy atom. The first kappa shape index (κ1) is 13.8. The average molecular weight is 306 g/mol. The summed E-state index contributed by atoms with van der Waals surface area (Å²) in [6, 6.07) is 5.76. The number of nitrogens with zero attached hydrogens (tertiary/aromatic N) is 3. The standard InChI is InChI=1S/C13H11FN4O2S/c14-8-1-3-9(4-2-8)18-11-10(7-15-18)12(20)17-13(16-11)21-6-5-19/h1-4,7,19H,5-6H2,(H,16,17,20). The summed E-state index contributed by atoms with van der Waals surface area (Å²) in [4.78, 5) is 18.9. The highest BCUT2D eigenvalue weighted by Gasteiger charge is 2.11.